The van der Waals surface area contributed by atoms with Gasteiger partial charge in [-0.05, 0) is 32.4 Å². The van der Waals surface area contributed by atoms with Crippen LogP contribution in [0.4, 0.5) is 5.82 Å². The lowest BCUT2D eigenvalue weighted by molar-refractivity contribution is -0.123. The fraction of sp³-hybridized carbons (Fsp3) is 0.300. The monoisotopic (exact) mass is 366 g/mol. The van der Waals surface area contributed by atoms with E-state index in [1.165, 1.54) is 6.92 Å². The zero-order valence-corrected chi connectivity index (χ0v) is 15.5. The highest BCUT2D eigenvalue weighted by Gasteiger charge is 2.21. The molecule has 3 aromatic rings. The number of rotatable bonds is 6. The number of carbonyl (C=O) groups is 2. The number of amides is 1. The summed E-state index contributed by atoms with van der Waals surface area (Å²) in [7, 11) is 0. The van der Waals surface area contributed by atoms with Crippen LogP contribution in [0, 0.1) is 0 Å². The van der Waals surface area contributed by atoms with Crippen LogP contribution >= 0.6 is 0 Å². The predicted molar refractivity (Wildman–Crippen MR) is 102 cm³/mol. The molecule has 0 bridgehead atoms. The summed E-state index contributed by atoms with van der Waals surface area (Å²) < 4.78 is 7.01. The van der Waals surface area contributed by atoms with E-state index in [9.17, 15) is 9.59 Å². The number of nitrogens with one attached hydrogen (secondary N) is 1. The van der Waals surface area contributed by atoms with Gasteiger partial charge in [-0.25, -0.2) is 14.5 Å². The van der Waals surface area contributed by atoms with E-state index >= 15 is 0 Å². The summed E-state index contributed by atoms with van der Waals surface area (Å²) in [5.41, 5.74) is 0.861. The number of esters is 1. The zero-order chi connectivity index (χ0) is 19.4. The molecule has 0 unspecified atom stereocenters. The second kappa shape index (κ2) is 7.99. The van der Waals surface area contributed by atoms with E-state index < -0.39 is 18.0 Å². The van der Waals surface area contributed by atoms with E-state index in [-0.39, 0.29) is 11.7 Å². The molecule has 2 aromatic heterocycles. The second-order valence-corrected chi connectivity index (χ2v) is 6.34. The van der Waals surface area contributed by atoms with Gasteiger partial charge in [0.15, 0.2) is 6.10 Å². The average molecular weight is 366 g/mol. The molecule has 0 aliphatic carbocycles. The van der Waals surface area contributed by atoms with Crippen molar-refractivity contribution in [2.75, 3.05) is 5.32 Å². The summed E-state index contributed by atoms with van der Waals surface area (Å²) in [6.45, 7) is 5.58. The van der Waals surface area contributed by atoms with E-state index in [0.29, 0.717) is 11.3 Å². The lowest BCUT2D eigenvalue weighted by Crippen LogP contribution is -2.31. The number of pyridine rings is 1. The third kappa shape index (κ3) is 4.13. The van der Waals surface area contributed by atoms with Crippen molar-refractivity contribution in [2.24, 2.45) is 0 Å². The second-order valence-electron chi connectivity index (χ2n) is 6.34. The highest BCUT2D eigenvalue weighted by Crippen LogP contribution is 2.17. The summed E-state index contributed by atoms with van der Waals surface area (Å²) in [6, 6.07) is 12.7. The lowest BCUT2D eigenvalue weighted by atomic mass is 10.2. The SMILES string of the molecule is CC[C@H](C)n1nccc1NC(=O)[C@H](C)OC(=O)c1ccc2ccccc2n1. The normalized spacial score (nSPS) is 13.1. The maximum atomic E-state index is 12.4. The minimum absolute atomic E-state index is 0.148. The third-order valence-electron chi connectivity index (χ3n) is 4.39. The Kier molecular flexibility index (Phi) is 5.49. The zero-order valence-electron chi connectivity index (χ0n) is 15.5. The Labute approximate surface area is 157 Å². The molecule has 0 aliphatic heterocycles. The fourth-order valence-corrected chi connectivity index (χ4v) is 2.62. The van der Waals surface area contributed by atoms with Gasteiger partial charge in [0.05, 0.1) is 17.8 Å². The smallest absolute Gasteiger partial charge is 0.357 e. The molecule has 7 heteroatoms. The number of benzene rings is 1. The van der Waals surface area contributed by atoms with Gasteiger partial charge in [0.1, 0.15) is 11.5 Å². The van der Waals surface area contributed by atoms with Crippen molar-refractivity contribution in [2.45, 2.75) is 39.3 Å². The number of fused-ring (bicyclic) bond motifs is 1. The van der Waals surface area contributed by atoms with Crippen molar-refractivity contribution in [3.05, 3.63) is 54.4 Å². The van der Waals surface area contributed by atoms with Crippen molar-refractivity contribution >= 4 is 28.6 Å². The van der Waals surface area contributed by atoms with Gasteiger partial charge < -0.3 is 10.1 Å². The molecule has 140 valence electrons. The van der Waals surface area contributed by atoms with Crippen molar-refractivity contribution in [1.29, 1.82) is 0 Å². The first-order chi connectivity index (χ1) is 13.0. The molecule has 0 spiro atoms. The average Bonchev–Trinajstić information content (AvgIpc) is 3.14. The molecule has 7 nitrogen and oxygen atoms in total. The van der Waals surface area contributed by atoms with Gasteiger partial charge in [-0.1, -0.05) is 31.2 Å². The molecule has 0 saturated carbocycles. The van der Waals surface area contributed by atoms with Crippen molar-refractivity contribution in [3.63, 3.8) is 0 Å². The molecule has 1 N–H and O–H groups in total. The number of nitrogens with zero attached hydrogens (tertiary/aromatic N) is 3. The predicted octanol–water partition coefficient (Wildman–Crippen LogP) is 3.59. The number of hydrogen-bond acceptors (Lipinski definition) is 5. The van der Waals surface area contributed by atoms with Crippen molar-refractivity contribution in [3.8, 4) is 0 Å². The van der Waals surface area contributed by atoms with E-state index in [0.717, 1.165) is 11.8 Å². The highest BCUT2D eigenvalue weighted by atomic mass is 16.5. The van der Waals surface area contributed by atoms with Gasteiger partial charge >= 0.3 is 5.97 Å². The Morgan fingerprint density at radius 1 is 1.15 bits per heavy atom. The molecule has 1 amide bonds. The standard InChI is InChI=1S/C20H22N4O3/c1-4-13(2)24-18(11-12-21-24)23-19(25)14(3)27-20(26)17-10-9-15-7-5-6-8-16(15)22-17/h5-14H,4H2,1-3H3,(H,23,25)/t13-,14-/m0/s1. The minimum Gasteiger partial charge on any atom is -0.448 e. The van der Waals surface area contributed by atoms with Gasteiger partial charge in [0, 0.05) is 11.5 Å². The molecule has 0 saturated heterocycles. The Balaban J connectivity index is 1.67. The van der Waals surface area contributed by atoms with Crippen LogP contribution in [0.1, 0.15) is 43.7 Å². The molecule has 3 rings (SSSR count). The Hall–Kier alpha value is -3.22. The number of para-hydroxylation sites is 1. The largest absolute Gasteiger partial charge is 0.448 e. The molecule has 0 fully saturated rings. The van der Waals surface area contributed by atoms with Crippen LogP contribution in [0.25, 0.3) is 10.9 Å². The maximum absolute atomic E-state index is 12.4. The minimum atomic E-state index is -0.967. The first-order valence-electron chi connectivity index (χ1n) is 8.90. The summed E-state index contributed by atoms with van der Waals surface area (Å²) >= 11 is 0. The summed E-state index contributed by atoms with van der Waals surface area (Å²) in [4.78, 5) is 29.0. The van der Waals surface area contributed by atoms with E-state index in [4.69, 9.17) is 4.74 Å². The highest BCUT2D eigenvalue weighted by molar-refractivity contribution is 5.97. The molecule has 0 radical (unpaired) electrons. The maximum Gasteiger partial charge on any atom is 0.357 e. The fourth-order valence-electron chi connectivity index (χ4n) is 2.62. The van der Waals surface area contributed by atoms with Crippen molar-refractivity contribution in [1.82, 2.24) is 14.8 Å². The molecule has 2 heterocycles. The quantitative estimate of drug-likeness (QED) is 0.674. The van der Waals surface area contributed by atoms with Gasteiger partial charge in [-0.15, -0.1) is 0 Å². The van der Waals surface area contributed by atoms with Gasteiger partial charge in [-0.2, -0.15) is 5.10 Å². The molecular formula is C20H22N4O3. The lowest BCUT2D eigenvalue weighted by Gasteiger charge is -2.16. The van der Waals surface area contributed by atoms with Crippen LogP contribution in [0.5, 0.6) is 0 Å². The number of anilines is 1. The Morgan fingerprint density at radius 2 is 1.93 bits per heavy atom. The number of hydrogen-bond donors (Lipinski definition) is 1. The van der Waals surface area contributed by atoms with E-state index in [1.807, 2.05) is 38.1 Å². The Morgan fingerprint density at radius 3 is 2.70 bits per heavy atom. The van der Waals surface area contributed by atoms with Gasteiger partial charge in [0.25, 0.3) is 5.91 Å². The summed E-state index contributed by atoms with van der Waals surface area (Å²) in [6.07, 6.45) is 1.53. The van der Waals surface area contributed by atoms with Crippen LogP contribution < -0.4 is 5.32 Å². The van der Waals surface area contributed by atoms with Crippen LogP contribution in [-0.2, 0) is 9.53 Å². The molecule has 0 aliphatic rings. The van der Waals surface area contributed by atoms with E-state index in [2.05, 4.69) is 15.4 Å². The number of aromatic nitrogens is 3. The number of carbonyl (C=O) groups excluding carboxylic acids is 2. The molecule has 1 aromatic carbocycles. The van der Waals surface area contributed by atoms with Crippen LogP contribution in [-0.4, -0.2) is 32.7 Å². The Bertz CT molecular complexity index is 967. The summed E-state index contributed by atoms with van der Waals surface area (Å²) in [5, 5.41) is 7.91. The van der Waals surface area contributed by atoms with Gasteiger partial charge in [-0.3, -0.25) is 4.79 Å². The van der Waals surface area contributed by atoms with Gasteiger partial charge in [0.2, 0.25) is 0 Å². The topological polar surface area (TPSA) is 86.1 Å². The first kappa shape index (κ1) is 18.6. The van der Waals surface area contributed by atoms with E-state index in [1.54, 1.807) is 29.1 Å². The molecular weight excluding hydrogens is 344 g/mol. The first-order valence-corrected chi connectivity index (χ1v) is 8.90. The van der Waals surface area contributed by atoms with Crippen LogP contribution in [0.15, 0.2) is 48.7 Å². The van der Waals surface area contributed by atoms with Crippen molar-refractivity contribution < 1.29 is 14.3 Å². The molecule has 27 heavy (non-hydrogen) atoms. The molecule has 2 atom stereocenters. The van der Waals surface area contributed by atoms with Crippen LogP contribution in [0.2, 0.25) is 0 Å². The summed E-state index contributed by atoms with van der Waals surface area (Å²) in [5.74, 6) is -0.492. The van der Waals surface area contributed by atoms with Crippen LogP contribution in [0.3, 0.4) is 0 Å². The third-order valence-corrected chi connectivity index (χ3v) is 4.39. The number of ether oxygens (including phenoxy) is 1.